The summed E-state index contributed by atoms with van der Waals surface area (Å²) in [6.45, 7) is 0. The van der Waals surface area contributed by atoms with Crippen LogP contribution < -0.4 is 16.8 Å². The fourth-order valence-corrected chi connectivity index (χ4v) is 1.61. The predicted molar refractivity (Wildman–Crippen MR) is 72.6 cm³/mol. The number of carbonyl (C=O) groups excluding carboxylic acids is 2. The number of nitrogens with one attached hydrogen (secondary N) is 1. The Morgan fingerprint density at radius 3 is 2.30 bits per heavy atom. The van der Waals surface area contributed by atoms with Crippen molar-refractivity contribution in [3.05, 3.63) is 29.8 Å². The lowest BCUT2D eigenvalue weighted by Crippen LogP contribution is -2.42. The van der Waals surface area contributed by atoms with Crippen molar-refractivity contribution in [2.75, 3.05) is 5.73 Å². The zero-order valence-electron chi connectivity index (χ0n) is 10.8. The molecule has 1 rings (SSSR count). The summed E-state index contributed by atoms with van der Waals surface area (Å²) in [7, 11) is 0. The SMILES string of the molecule is NC(=O)CCC(NC(=O)Cc1ccc(N)cc1)C(=O)O. The highest BCUT2D eigenvalue weighted by atomic mass is 16.4. The molecule has 0 aliphatic rings. The van der Waals surface area contributed by atoms with Gasteiger partial charge in [-0.2, -0.15) is 0 Å². The van der Waals surface area contributed by atoms with Crippen molar-refractivity contribution in [3.63, 3.8) is 0 Å². The quantitative estimate of drug-likeness (QED) is 0.506. The van der Waals surface area contributed by atoms with Crippen molar-refractivity contribution in [1.82, 2.24) is 5.32 Å². The van der Waals surface area contributed by atoms with Crippen molar-refractivity contribution >= 4 is 23.5 Å². The number of carbonyl (C=O) groups is 3. The molecule has 1 atom stereocenters. The van der Waals surface area contributed by atoms with Gasteiger partial charge >= 0.3 is 5.97 Å². The molecule has 0 aliphatic carbocycles. The number of carboxylic acid groups (broad SMARTS) is 1. The van der Waals surface area contributed by atoms with Crippen LogP contribution in [-0.2, 0) is 20.8 Å². The summed E-state index contributed by atoms with van der Waals surface area (Å²) >= 11 is 0. The average Bonchev–Trinajstić information content (AvgIpc) is 2.36. The van der Waals surface area contributed by atoms with E-state index in [1.165, 1.54) is 0 Å². The fourth-order valence-electron chi connectivity index (χ4n) is 1.61. The Morgan fingerprint density at radius 1 is 1.20 bits per heavy atom. The molecular weight excluding hydrogens is 262 g/mol. The van der Waals surface area contributed by atoms with Crippen LogP contribution in [-0.4, -0.2) is 28.9 Å². The molecule has 0 radical (unpaired) electrons. The molecule has 0 saturated carbocycles. The van der Waals surface area contributed by atoms with Gasteiger partial charge in [-0.05, 0) is 24.1 Å². The molecule has 7 nitrogen and oxygen atoms in total. The first-order valence-corrected chi connectivity index (χ1v) is 6.03. The Morgan fingerprint density at radius 2 is 1.80 bits per heavy atom. The van der Waals surface area contributed by atoms with Crippen LogP contribution in [0.5, 0.6) is 0 Å². The number of primary amides is 1. The Kier molecular flexibility index (Phi) is 5.52. The molecule has 2 amide bonds. The van der Waals surface area contributed by atoms with E-state index in [1.807, 2.05) is 0 Å². The number of rotatable bonds is 7. The minimum Gasteiger partial charge on any atom is -0.480 e. The molecular formula is C13H17N3O4. The van der Waals surface area contributed by atoms with Crippen LogP contribution in [0, 0.1) is 0 Å². The van der Waals surface area contributed by atoms with Gasteiger partial charge in [0.05, 0.1) is 6.42 Å². The van der Waals surface area contributed by atoms with Crippen LogP contribution in [0.4, 0.5) is 5.69 Å². The fraction of sp³-hybridized carbons (Fsp3) is 0.308. The number of aliphatic carboxylic acids is 1. The summed E-state index contributed by atoms with van der Waals surface area (Å²) in [5.74, 6) is -2.24. The number of amides is 2. The lowest BCUT2D eigenvalue weighted by molar-refractivity contribution is -0.142. The third-order valence-electron chi connectivity index (χ3n) is 2.66. The first-order chi connectivity index (χ1) is 9.38. The summed E-state index contributed by atoms with van der Waals surface area (Å²) < 4.78 is 0. The maximum Gasteiger partial charge on any atom is 0.326 e. The van der Waals surface area contributed by atoms with Gasteiger partial charge in [-0.1, -0.05) is 12.1 Å². The zero-order chi connectivity index (χ0) is 15.1. The highest BCUT2D eigenvalue weighted by Crippen LogP contribution is 2.06. The summed E-state index contributed by atoms with van der Waals surface area (Å²) in [6, 6.07) is 5.57. The normalized spacial score (nSPS) is 11.6. The Balaban J connectivity index is 2.55. The smallest absolute Gasteiger partial charge is 0.326 e. The van der Waals surface area contributed by atoms with E-state index in [-0.39, 0.29) is 19.3 Å². The van der Waals surface area contributed by atoms with Crippen molar-refractivity contribution in [2.24, 2.45) is 5.73 Å². The third-order valence-corrected chi connectivity index (χ3v) is 2.66. The number of benzene rings is 1. The van der Waals surface area contributed by atoms with Gasteiger partial charge in [0.15, 0.2) is 0 Å². The molecule has 108 valence electrons. The molecule has 1 aromatic rings. The minimum absolute atomic E-state index is 0.0296. The monoisotopic (exact) mass is 279 g/mol. The molecule has 0 spiro atoms. The van der Waals surface area contributed by atoms with E-state index in [0.717, 1.165) is 5.56 Å². The van der Waals surface area contributed by atoms with E-state index in [0.29, 0.717) is 5.69 Å². The standard InChI is InChI=1S/C13H17N3O4/c14-9-3-1-8(2-4-9)7-12(18)16-10(13(19)20)5-6-11(15)17/h1-4,10H,5-7,14H2,(H2,15,17)(H,16,18)(H,19,20). The number of nitrogen functional groups attached to an aromatic ring is 1. The van der Waals surface area contributed by atoms with Gasteiger partial charge in [-0.15, -0.1) is 0 Å². The first-order valence-electron chi connectivity index (χ1n) is 6.03. The molecule has 7 heteroatoms. The first kappa shape index (κ1) is 15.5. The van der Waals surface area contributed by atoms with Crippen LogP contribution >= 0.6 is 0 Å². The predicted octanol–water partition coefficient (Wildman–Crippen LogP) is -0.354. The molecule has 0 heterocycles. The van der Waals surface area contributed by atoms with Crippen LogP contribution in [0.15, 0.2) is 24.3 Å². The summed E-state index contributed by atoms with van der Waals surface area (Å²) in [6.07, 6.45) is -0.0854. The molecule has 0 aromatic heterocycles. The molecule has 0 fully saturated rings. The van der Waals surface area contributed by atoms with Crippen molar-refractivity contribution in [1.29, 1.82) is 0 Å². The molecule has 0 bridgehead atoms. The number of hydrogen-bond acceptors (Lipinski definition) is 4. The lowest BCUT2D eigenvalue weighted by Gasteiger charge is -2.13. The molecule has 0 saturated heterocycles. The van der Waals surface area contributed by atoms with Gasteiger partial charge in [-0.3, -0.25) is 9.59 Å². The van der Waals surface area contributed by atoms with Crippen molar-refractivity contribution in [2.45, 2.75) is 25.3 Å². The van der Waals surface area contributed by atoms with E-state index >= 15 is 0 Å². The second-order valence-electron chi connectivity index (χ2n) is 4.38. The van der Waals surface area contributed by atoms with Gasteiger partial charge in [-0.25, -0.2) is 4.79 Å². The lowest BCUT2D eigenvalue weighted by atomic mass is 10.1. The van der Waals surface area contributed by atoms with E-state index in [4.69, 9.17) is 16.6 Å². The Labute approximate surface area is 115 Å². The molecule has 20 heavy (non-hydrogen) atoms. The van der Waals surface area contributed by atoms with Crippen molar-refractivity contribution < 1.29 is 19.5 Å². The van der Waals surface area contributed by atoms with Gasteiger partial charge in [0.2, 0.25) is 11.8 Å². The summed E-state index contributed by atoms with van der Waals surface area (Å²) in [5, 5.41) is 11.3. The summed E-state index contributed by atoms with van der Waals surface area (Å²) in [5.41, 5.74) is 11.8. The maximum absolute atomic E-state index is 11.7. The second kappa shape index (κ2) is 7.13. The van der Waals surface area contributed by atoms with Gasteiger partial charge in [0, 0.05) is 12.1 Å². The number of hydrogen-bond donors (Lipinski definition) is 4. The second-order valence-corrected chi connectivity index (χ2v) is 4.38. The van der Waals surface area contributed by atoms with Crippen LogP contribution in [0.1, 0.15) is 18.4 Å². The Bertz CT molecular complexity index is 499. The van der Waals surface area contributed by atoms with Gasteiger partial charge in [0.25, 0.3) is 0 Å². The van der Waals surface area contributed by atoms with E-state index < -0.39 is 23.8 Å². The van der Waals surface area contributed by atoms with Gasteiger partial charge < -0.3 is 21.9 Å². The topological polar surface area (TPSA) is 136 Å². The third kappa shape index (κ3) is 5.38. The summed E-state index contributed by atoms with van der Waals surface area (Å²) in [4.78, 5) is 33.3. The van der Waals surface area contributed by atoms with Crippen LogP contribution in [0.25, 0.3) is 0 Å². The number of nitrogens with two attached hydrogens (primary N) is 2. The van der Waals surface area contributed by atoms with E-state index in [2.05, 4.69) is 5.32 Å². The van der Waals surface area contributed by atoms with Crippen molar-refractivity contribution in [3.8, 4) is 0 Å². The van der Waals surface area contributed by atoms with Gasteiger partial charge in [0.1, 0.15) is 6.04 Å². The molecule has 0 aliphatic heterocycles. The highest BCUT2D eigenvalue weighted by molar-refractivity contribution is 5.85. The molecule has 1 aromatic carbocycles. The van der Waals surface area contributed by atoms with E-state index in [9.17, 15) is 14.4 Å². The average molecular weight is 279 g/mol. The van der Waals surface area contributed by atoms with Crippen LogP contribution in [0.2, 0.25) is 0 Å². The molecule has 6 N–H and O–H groups in total. The number of carboxylic acids is 1. The minimum atomic E-state index is -1.20. The largest absolute Gasteiger partial charge is 0.480 e. The molecule has 1 unspecified atom stereocenters. The Hall–Kier alpha value is -2.57. The van der Waals surface area contributed by atoms with Crippen LogP contribution in [0.3, 0.4) is 0 Å². The highest BCUT2D eigenvalue weighted by Gasteiger charge is 2.20. The zero-order valence-corrected chi connectivity index (χ0v) is 10.8. The number of anilines is 1. The van der Waals surface area contributed by atoms with E-state index in [1.54, 1.807) is 24.3 Å². The maximum atomic E-state index is 11.7.